The fraction of sp³-hybridized carbons (Fsp3) is 0.238. The van der Waals surface area contributed by atoms with E-state index in [4.69, 9.17) is 9.47 Å². The van der Waals surface area contributed by atoms with E-state index < -0.39 is 0 Å². The second kappa shape index (κ2) is 8.21. The topological polar surface area (TPSA) is 71.3 Å². The quantitative estimate of drug-likeness (QED) is 0.614. The maximum absolute atomic E-state index is 12.1. The lowest BCUT2D eigenvalue weighted by atomic mass is 10.1. The molecule has 0 heterocycles. The SMILES string of the molecule is COc1cc(/C=C(\C#N)C(=O)NC2CC2)ccc1OCc1ccccc1. The fourth-order valence-corrected chi connectivity index (χ4v) is 2.43. The van der Waals surface area contributed by atoms with Crippen LogP contribution in [0.5, 0.6) is 11.5 Å². The van der Waals surface area contributed by atoms with E-state index in [0.717, 1.165) is 18.4 Å². The van der Waals surface area contributed by atoms with E-state index in [2.05, 4.69) is 5.32 Å². The van der Waals surface area contributed by atoms with Crippen LogP contribution in [0.15, 0.2) is 54.1 Å². The summed E-state index contributed by atoms with van der Waals surface area (Å²) >= 11 is 0. The number of methoxy groups -OCH3 is 1. The summed E-state index contributed by atoms with van der Waals surface area (Å²) in [6.07, 6.45) is 3.51. The molecule has 0 radical (unpaired) electrons. The number of benzene rings is 2. The standard InChI is InChI=1S/C21H20N2O3/c1-25-20-12-16(11-17(13-22)21(24)23-18-8-9-18)7-10-19(20)26-14-15-5-3-2-4-6-15/h2-7,10-12,18H,8-9,14H2,1H3,(H,23,24)/b17-11+. The van der Waals surface area contributed by atoms with Crippen LogP contribution in [0, 0.1) is 11.3 Å². The molecule has 0 unspecified atom stereocenters. The zero-order valence-corrected chi connectivity index (χ0v) is 14.6. The summed E-state index contributed by atoms with van der Waals surface area (Å²) in [6.45, 7) is 0.430. The van der Waals surface area contributed by atoms with Crippen LogP contribution in [0.1, 0.15) is 24.0 Å². The van der Waals surface area contributed by atoms with Crippen molar-refractivity contribution in [1.82, 2.24) is 5.32 Å². The molecule has 1 aliphatic rings. The van der Waals surface area contributed by atoms with Gasteiger partial charge in [0, 0.05) is 6.04 Å². The van der Waals surface area contributed by atoms with Crippen LogP contribution in [-0.2, 0) is 11.4 Å². The van der Waals surface area contributed by atoms with Crippen molar-refractivity contribution in [3.63, 3.8) is 0 Å². The van der Waals surface area contributed by atoms with Gasteiger partial charge in [-0.2, -0.15) is 5.26 Å². The first-order valence-electron chi connectivity index (χ1n) is 8.47. The van der Waals surface area contributed by atoms with Crippen molar-refractivity contribution in [1.29, 1.82) is 5.26 Å². The van der Waals surface area contributed by atoms with Gasteiger partial charge in [0.1, 0.15) is 18.2 Å². The van der Waals surface area contributed by atoms with Gasteiger partial charge in [0.2, 0.25) is 0 Å². The number of nitrogens with zero attached hydrogens (tertiary/aromatic N) is 1. The molecule has 0 saturated heterocycles. The van der Waals surface area contributed by atoms with Gasteiger partial charge in [-0.1, -0.05) is 36.4 Å². The highest BCUT2D eigenvalue weighted by molar-refractivity contribution is 6.02. The molecule has 1 aliphatic carbocycles. The van der Waals surface area contributed by atoms with Gasteiger partial charge in [-0.15, -0.1) is 0 Å². The maximum Gasteiger partial charge on any atom is 0.262 e. The monoisotopic (exact) mass is 348 g/mol. The Hall–Kier alpha value is -3.26. The van der Waals surface area contributed by atoms with E-state index in [1.54, 1.807) is 31.4 Å². The van der Waals surface area contributed by atoms with Crippen LogP contribution in [0.2, 0.25) is 0 Å². The molecule has 5 heteroatoms. The predicted molar refractivity (Wildman–Crippen MR) is 98.5 cm³/mol. The van der Waals surface area contributed by atoms with Crippen molar-refractivity contribution in [2.75, 3.05) is 7.11 Å². The maximum atomic E-state index is 12.1. The molecule has 0 aromatic heterocycles. The zero-order valence-electron chi connectivity index (χ0n) is 14.6. The number of carbonyl (C=O) groups is 1. The van der Waals surface area contributed by atoms with Crippen molar-refractivity contribution in [3.05, 3.63) is 65.2 Å². The smallest absolute Gasteiger partial charge is 0.262 e. The van der Waals surface area contributed by atoms with E-state index >= 15 is 0 Å². The van der Waals surface area contributed by atoms with E-state index in [9.17, 15) is 10.1 Å². The lowest BCUT2D eigenvalue weighted by Crippen LogP contribution is -2.26. The van der Waals surface area contributed by atoms with Gasteiger partial charge >= 0.3 is 0 Å². The van der Waals surface area contributed by atoms with Crippen molar-refractivity contribution in [3.8, 4) is 17.6 Å². The van der Waals surface area contributed by atoms with Gasteiger partial charge in [-0.05, 0) is 42.2 Å². The second-order valence-corrected chi connectivity index (χ2v) is 6.10. The van der Waals surface area contributed by atoms with Gasteiger partial charge in [-0.25, -0.2) is 0 Å². The molecule has 0 atom stereocenters. The summed E-state index contributed by atoms with van der Waals surface area (Å²) in [5.41, 5.74) is 1.84. The van der Waals surface area contributed by atoms with Crippen LogP contribution in [0.3, 0.4) is 0 Å². The van der Waals surface area contributed by atoms with E-state index in [-0.39, 0.29) is 17.5 Å². The first-order valence-corrected chi connectivity index (χ1v) is 8.47. The Morgan fingerprint density at radius 2 is 2.00 bits per heavy atom. The summed E-state index contributed by atoms with van der Waals surface area (Å²) in [5, 5.41) is 12.1. The Balaban J connectivity index is 1.73. The minimum absolute atomic E-state index is 0.0805. The minimum atomic E-state index is -0.335. The lowest BCUT2D eigenvalue weighted by Gasteiger charge is -2.11. The number of hydrogen-bond donors (Lipinski definition) is 1. The largest absolute Gasteiger partial charge is 0.493 e. The van der Waals surface area contributed by atoms with Gasteiger partial charge in [0.05, 0.1) is 7.11 Å². The number of nitrogens with one attached hydrogen (secondary N) is 1. The zero-order chi connectivity index (χ0) is 18.4. The van der Waals surface area contributed by atoms with E-state index in [1.165, 1.54) is 0 Å². The first-order chi connectivity index (χ1) is 12.7. The highest BCUT2D eigenvalue weighted by Crippen LogP contribution is 2.30. The van der Waals surface area contributed by atoms with Crippen molar-refractivity contribution in [2.24, 2.45) is 0 Å². The summed E-state index contributed by atoms with van der Waals surface area (Å²) in [5.74, 6) is 0.822. The summed E-state index contributed by atoms with van der Waals surface area (Å²) < 4.78 is 11.2. The average Bonchev–Trinajstić information content (AvgIpc) is 3.49. The van der Waals surface area contributed by atoms with E-state index in [0.29, 0.717) is 23.7 Å². The number of amides is 1. The third kappa shape index (κ3) is 4.64. The third-order valence-electron chi connectivity index (χ3n) is 4.01. The molecule has 0 spiro atoms. The van der Waals surface area contributed by atoms with Crippen LogP contribution in [0.25, 0.3) is 6.08 Å². The third-order valence-corrected chi connectivity index (χ3v) is 4.01. The normalized spacial score (nSPS) is 13.6. The number of carbonyl (C=O) groups excluding carboxylic acids is 1. The molecule has 0 bridgehead atoms. The van der Waals surface area contributed by atoms with Crippen LogP contribution in [0.4, 0.5) is 0 Å². The van der Waals surface area contributed by atoms with Crippen LogP contribution < -0.4 is 14.8 Å². The number of rotatable bonds is 7. The number of hydrogen-bond acceptors (Lipinski definition) is 4. The van der Waals surface area contributed by atoms with Crippen molar-refractivity contribution in [2.45, 2.75) is 25.5 Å². The molecule has 5 nitrogen and oxygen atoms in total. The van der Waals surface area contributed by atoms with Crippen LogP contribution in [-0.4, -0.2) is 19.1 Å². The Labute approximate surface area is 152 Å². The molecule has 0 aliphatic heterocycles. The first kappa shape index (κ1) is 17.6. The molecule has 1 fully saturated rings. The number of ether oxygens (including phenoxy) is 2. The Kier molecular flexibility index (Phi) is 5.55. The van der Waals surface area contributed by atoms with Gasteiger partial charge < -0.3 is 14.8 Å². The molecule has 26 heavy (non-hydrogen) atoms. The Morgan fingerprint density at radius 1 is 1.23 bits per heavy atom. The molecule has 132 valence electrons. The lowest BCUT2D eigenvalue weighted by molar-refractivity contribution is -0.117. The molecular formula is C21H20N2O3. The highest BCUT2D eigenvalue weighted by atomic mass is 16.5. The molecule has 2 aromatic rings. The molecule has 1 amide bonds. The summed E-state index contributed by atoms with van der Waals surface area (Å²) in [4.78, 5) is 12.1. The van der Waals surface area contributed by atoms with E-state index in [1.807, 2.05) is 36.4 Å². The fourth-order valence-electron chi connectivity index (χ4n) is 2.43. The minimum Gasteiger partial charge on any atom is -0.493 e. The predicted octanol–water partition coefficient (Wildman–Crippen LogP) is 3.46. The molecule has 1 saturated carbocycles. The molecular weight excluding hydrogens is 328 g/mol. The summed E-state index contributed by atoms with van der Waals surface area (Å²) in [6, 6.07) is 17.3. The van der Waals surface area contributed by atoms with Crippen molar-refractivity contribution < 1.29 is 14.3 Å². The van der Waals surface area contributed by atoms with Gasteiger partial charge in [0.25, 0.3) is 5.91 Å². The highest BCUT2D eigenvalue weighted by Gasteiger charge is 2.24. The van der Waals surface area contributed by atoms with Crippen LogP contribution >= 0.6 is 0 Å². The molecule has 3 rings (SSSR count). The second-order valence-electron chi connectivity index (χ2n) is 6.10. The Morgan fingerprint density at radius 3 is 2.65 bits per heavy atom. The Bertz CT molecular complexity index is 849. The summed E-state index contributed by atoms with van der Waals surface area (Å²) in [7, 11) is 1.56. The van der Waals surface area contributed by atoms with Gasteiger partial charge in [0.15, 0.2) is 11.5 Å². The molecule has 2 aromatic carbocycles. The average molecular weight is 348 g/mol. The number of nitriles is 1. The van der Waals surface area contributed by atoms with Gasteiger partial charge in [-0.3, -0.25) is 4.79 Å². The van der Waals surface area contributed by atoms with Crippen molar-refractivity contribution >= 4 is 12.0 Å². The molecule has 1 N–H and O–H groups in total.